The maximum Gasteiger partial charge on any atom is 0.351 e. The highest BCUT2D eigenvalue weighted by molar-refractivity contribution is 7.23. The van der Waals surface area contributed by atoms with Gasteiger partial charge in [-0.05, 0) is 19.1 Å². The standard InChI is InChI=1S/C10H8ClNO2S2/c1-5-3-4-6(15-5)9-12-8(11)7(16-9)10(13)14-2/h3-4H,1-2H3. The Morgan fingerprint density at radius 3 is 2.75 bits per heavy atom. The van der Waals surface area contributed by atoms with Gasteiger partial charge in [0.2, 0.25) is 0 Å². The molecule has 2 rings (SSSR count). The number of carbonyl (C=O) groups excluding carboxylic acids is 1. The van der Waals surface area contributed by atoms with Crippen LogP contribution >= 0.6 is 34.3 Å². The molecule has 2 aromatic heterocycles. The van der Waals surface area contributed by atoms with Crippen molar-refractivity contribution in [3.8, 4) is 9.88 Å². The summed E-state index contributed by atoms with van der Waals surface area (Å²) in [6, 6.07) is 3.98. The van der Waals surface area contributed by atoms with Gasteiger partial charge in [0, 0.05) is 4.88 Å². The Labute approximate surface area is 106 Å². The first kappa shape index (κ1) is 11.6. The molecule has 0 aliphatic heterocycles. The minimum Gasteiger partial charge on any atom is -0.465 e. The fourth-order valence-corrected chi connectivity index (χ4v) is 3.30. The first-order valence-electron chi connectivity index (χ1n) is 4.43. The molecule has 3 nitrogen and oxygen atoms in total. The van der Waals surface area contributed by atoms with Crippen LogP contribution in [0.2, 0.25) is 5.15 Å². The van der Waals surface area contributed by atoms with Crippen molar-refractivity contribution >= 4 is 40.2 Å². The van der Waals surface area contributed by atoms with Gasteiger partial charge < -0.3 is 4.74 Å². The number of hydrogen-bond donors (Lipinski definition) is 0. The van der Waals surface area contributed by atoms with Crippen LogP contribution in [0, 0.1) is 6.92 Å². The van der Waals surface area contributed by atoms with Crippen LogP contribution in [-0.4, -0.2) is 18.1 Å². The molecule has 16 heavy (non-hydrogen) atoms. The number of thiophene rings is 1. The van der Waals surface area contributed by atoms with Crippen molar-refractivity contribution in [3.05, 3.63) is 27.0 Å². The Morgan fingerprint density at radius 2 is 2.19 bits per heavy atom. The molecule has 0 unspecified atom stereocenters. The van der Waals surface area contributed by atoms with E-state index in [0.717, 1.165) is 9.88 Å². The van der Waals surface area contributed by atoms with Crippen LogP contribution in [0.5, 0.6) is 0 Å². The average Bonchev–Trinajstić information content (AvgIpc) is 2.83. The van der Waals surface area contributed by atoms with E-state index in [-0.39, 0.29) is 5.15 Å². The van der Waals surface area contributed by atoms with Crippen molar-refractivity contribution in [1.29, 1.82) is 0 Å². The summed E-state index contributed by atoms with van der Waals surface area (Å²) in [5, 5.41) is 0.960. The summed E-state index contributed by atoms with van der Waals surface area (Å²) in [6.07, 6.45) is 0. The van der Waals surface area contributed by atoms with E-state index in [1.54, 1.807) is 11.3 Å². The highest BCUT2D eigenvalue weighted by atomic mass is 35.5. The highest BCUT2D eigenvalue weighted by Crippen LogP contribution is 2.34. The number of carbonyl (C=O) groups is 1. The lowest BCUT2D eigenvalue weighted by molar-refractivity contribution is 0.0606. The molecule has 0 fully saturated rings. The number of methoxy groups -OCH3 is 1. The fourth-order valence-electron chi connectivity index (χ4n) is 1.17. The Morgan fingerprint density at radius 1 is 1.44 bits per heavy atom. The van der Waals surface area contributed by atoms with Crippen LogP contribution in [0.4, 0.5) is 0 Å². The van der Waals surface area contributed by atoms with Gasteiger partial charge in [-0.3, -0.25) is 0 Å². The monoisotopic (exact) mass is 273 g/mol. The number of thiazole rings is 1. The molecule has 0 amide bonds. The Bertz CT molecular complexity index is 533. The summed E-state index contributed by atoms with van der Waals surface area (Å²) < 4.78 is 4.62. The summed E-state index contributed by atoms with van der Waals surface area (Å²) in [6.45, 7) is 2.02. The topological polar surface area (TPSA) is 39.2 Å². The van der Waals surface area contributed by atoms with Gasteiger partial charge in [0.1, 0.15) is 5.01 Å². The van der Waals surface area contributed by atoms with Crippen LogP contribution in [-0.2, 0) is 4.74 Å². The zero-order chi connectivity index (χ0) is 11.7. The van der Waals surface area contributed by atoms with Crippen LogP contribution in [0.1, 0.15) is 14.5 Å². The van der Waals surface area contributed by atoms with E-state index in [2.05, 4.69) is 9.72 Å². The van der Waals surface area contributed by atoms with E-state index in [4.69, 9.17) is 11.6 Å². The van der Waals surface area contributed by atoms with Gasteiger partial charge in [-0.25, -0.2) is 9.78 Å². The number of halogens is 1. The Hall–Kier alpha value is -0.910. The molecule has 0 aromatic carbocycles. The SMILES string of the molecule is COC(=O)c1sc(-c2ccc(C)s2)nc1Cl. The normalized spacial score (nSPS) is 10.4. The van der Waals surface area contributed by atoms with E-state index in [0.29, 0.717) is 4.88 Å². The largest absolute Gasteiger partial charge is 0.465 e. The summed E-state index contributed by atoms with van der Waals surface area (Å²) >= 11 is 8.75. The maximum absolute atomic E-state index is 11.4. The highest BCUT2D eigenvalue weighted by Gasteiger charge is 2.18. The van der Waals surface area contributed by atoms with Crippen molar-refractivity contribution in [2.45, 2.75) is 6.92 Å². The summed E-state index contributed by atoms with van der Waals surface area (Å²) in [5.41, 5.74) is 0. The molecule has 0 saturated carbocycles. The first-order valence-corrected chi connectivity index (χ1v) is 6.44. The number of aryl methyl sites for hydroxylation is 1. The molecular formula is C10H8ClNO2S2. The minimum atomic E-state index is -0.443. The first-order chi connectivity index (χ1) is 7.61. The van der Waals surface area contributed by atoms with Crippen molar-refractivity contribution < 1.29 is 9.53 Å². The summed E-state index contributed by atoms with van der Waals surface area (Å²) in [7, 11) is 1.33. The molecule has 0 aliphatic rings. The van der Waals surface area contributed by atoms with Crippen LogP contribution in [0.15, 0.2) is 12.1 Å². The number of ether oxygens (including phenoxy) is 1. The van der Waals surface area contributed by atoms with E-state index in [1.807, 2.05) is 19.1 Å². The smallest absolute Gasteiger partial charge is 0.351 e. The molecule has 0 bridgehead atoms. The zero-order valence-electron chi connectivity index (χ0n) is 8.61. The number of nitrogens with zero attached hydrogens (tertiary/aromatic N) is 1. The maximum atomic E-state index is 11.4. The lowest BCUT2D eigenvalue weighted by atomic mass is 10.4. The number of hydrogen-bond acceptors (Lipinski definition) is 5. The van der Waals surface area contributed by atoms with E-state index in [1.165, 1.54) is 23.3 Å². The summed E-state index contributed by atoms with van der Waals surface area (Å²) in [5.74, 6) is -0.443. The third kappa shape index (κ3) is 2.11. The lowest BCUT2D eigenvalue weighted by Crippen LogP contribution is -1.98. The van der Waals surface area contributed by atoms with E-state index >= 15 is 0 Å². The molecule has 6 heteroatoms. The third-order valence-corrected chi connectivity index (χ3v) is 4.50. The van der Waals surface area contributed by atoms with Crippen molar-refractivity contribution in [1.82, 2.24) is 4.98 Å². The number of aromatic nitrogens is 1. The third-order valence-electron chi connectivity index (χ3n) is 1.91. The molecule has 0 radical (unpaired) electrons. The van der Waals surface area contributed by atoms with Crippen LogP contribution in [0.25, 0.3) is 9.88 Å². The van der Waals surface area contributed by atoms with Gasteiger partial charge in [0.25, 0.3) is 0 Å². The van der Waals surface area contributed by atoms with Gasteiger partial charge in [0.05, 0.1) is 12.0 Å². The average molecular weight is 274 g/mol. The molecule has 0 saturated heterocycles. The van der Waals surface area contributed by atoms with Gasteiger partial charge in [-0.2, -0.15) is 0 Å². The molecule has 0 spiro atoms. The molecule has 0 atom stereocenters. The summed E-state index contributed by atoms with van der Waals surface area (Å²) in [4.78, 5) is 18.1. The fraction of sp³-hybridized carbons (Fsp3) is 0.200. The van der Waals surface area contributed by atoms with Gasteiger partial charge in [-0.1, -0.05) is 11.6 Å². The molecular weight excluding hydrogens is 266 g/mol. The van der Waals surface area contributed by atoms with E-state index in [9.17, 15) is 4.79 Å². The number of rotatable bonds is 2. The minimum absolute atomic E-state index is 0.206. The molecule has 2 heterocycles. The quantitative estimate of drug-likeness (QED) is 0.785. The second kappa shape index (κ2) is 4.53. The van der Waals surface area contributed by atoms with Crippen LogP contribution < -0.4 is 0 Å². The van der Waals surface area contributed by atoms with Crippen molar-refractivity contribution in [2.75, 3.05) is 7.11 Å². The van der Waals surface area contributed by atoms with Gasteiger partial charge >= 0.3 is 5.97 Å². The second-order valence-corrected chi connectivity index (χ2v) is 5.69. The predicted molar refractivity (Wildman–Crippen MR) is 66.5 cm³/mol. The van der Waals surface area contributed by atoms with E-state index < -0.39 is 5.97 Å². The lowest BCUT2D eigenvalue weighted by Gasteiger charge is -1.92. The molecule has 2 aromatic rings. The van der Waals surface area contributed by atoms with Gasteiger partial charge in [0.15, 0.2) is 10.0 Å². The molecule has 0 aliphatic carbocycles. The van der Waals surface area contributed by atoms with Crippen molar-refractivity contribution in [3.63, 3.8) is 0 Å². The zero-order valence-corrected chi connectivity index (χ0v) is 11.0. The van der Waals surface area contributed by atoms with Gasteiger partial charge in [-0.15, -0.1) is 22.7 Å². The molecule has 0 N–H and O–H groups in total. The Kier molecular flexibility index (Phi) is 3.28. The number of esters is 1. The van der Waals surface area contributed by atoms with Crippen LogP contribution in [0.3, 0.4) is 0 Å². The second-order valence-electron chi connectivity index (χ2n) is 3.04. The van der Waals surface area contributed by atoms with Crippen molar-refractivity contribution in [2.24, 2.45) is 0 Å². The predicted octanol–water partition coefficient (Wildman–Crippen LogP) is 3.62. The molecule has 84 valence electrons. The Balaban J connectivity index is 2.41.